The zero-order valence-corrected chi connectivity index (χ0v) is 75.0. The van der Waals surface area contributed by atoms with Crippen LogP contribution >= 0.6 is 102 Å². The minimum absolute atomic E-state index is 0.0384. The van der Waals surface area contributed by atoms with Gasteiger partial charge in [0.1, 0.15) is 31.0 Å². The van der Waals surface area contributed by atoms with E-state index in [1.165, 1.54) is 62.6 Å². The third-order valence-corrected chi connectivity index (χ3v) is 22.9. The van der Waals surface area contributed by atoms with Gasteiger partial charge in [-0.25, -0.2) is 38.0 Å². The Morgan fingerprint density at radius 1 is 0.475 bits per heavy atom. The van der Waals surface area contributed by atoms with Gasteiger partial charge in [0.25, 0.3) is 0 Å². The van der Waals surface area contributed by atoms with E-state index in [2.05, 4.69) is 171 Å². The summed E-state index contributed by atoms with van der Waals surface area (Å²) in [5, 5.41) is 64.5. The maximum absolute atomic E-state index is 12.1. The highest BCUT2D eigenvalue weighted by atomic mass is 127. The predicted octanol–water partition coefficient (Wildman–Crippen LogP) is 13.0. The number of aromatic amines is 1. The number of aromatic carboxylic acids is 2. The normalized spacial score (nSPS) is 13.4. The fourth-order valence-electron chi connectivity index (χ4n) is 10.9. The van der Waals surface area contributed by atoms with E-state index in [0.29, 0.717) is 38.4 Å². The first-order valence-electron chi connectivity index (χ1n) is 36.4. The largest absolute Gasteiger partial charge is 0.497 e. The van der Waals surface area contributed by atoms with E-state index in [-0.39, 0.29) is 22.8 Å². The van der Waals surface area contributed by atoms with Crippen molar-refractivity contribution in [1.29, 1.82) is 0 Å². The van der Waals surface area contributed by atoms with E-state index in [0.717, 1.165) is 139 Å². The standard InChI is InChI=1S/C22H25N5O3S.C18H16BrN3O3S.C14H17N5O2S.C12H12IN3O3.C6H5BrS.C5H12N2.C2HF3O2/c1-25-10-12-26(13-11-25)17-4-3-5-19(14-17)31-21-20(22(28)29)23-24-27(21)15-16-6-8-18(30-2)9-7-16;1-24-14-8-6-12(7-9-14)11-22-17(16(20-21-22)18(23)25-2)26-15-5-3-4-13(19)10-15;1-18-5-7-19(8-6-18)10-3-2-4-11(9-10)22-13-12(14(20)21)15-17-16-13;1-18-9-5-3-8(4-6-9)7-16-11(13)10(14-15-16)12(17)19-2;7-5-2-1-3-6(8)4-5;1-7-4-2-6-3-5-7;3-2(4,5)1(6)7/h3-9,14H,10-13,15H2,1-2H3,(H,28,29);3-10H,11H2,1-2H3;2-4,9H,5-8H2,1H3,(H,20,21)(H,15,16,17);3-6H,7H2,1-2H3;1-4,8H;6H,2-5H2,1H3;(H,6,7). The molecular weight excluding hydrogens is 1880 g/mol. The van der Waals surface area contributed by atoms with E-state index >= 15 is 0 Å². The summed E-state index contributed by atoms with van der Waals surface area (Å²) in [5.74, 6) is -3.56. The van der Waals surface area contributed by atoms with Crippen LogP contribution in [0.25, 0.3) is 0 Å². The SMILES string of the molecule is CN1CCN(c2cccc(Sc3n[nH]nc3C(=O)O)c2)CC1.CN1CCNCC1.COC(=O)c1nnn(Cc2ccc(OC)cc2)c1I.COC(=O)c1nnn(Cc2ccc(OC)cc2)c1Sc1cccc(Br)c1.COc1ccc(Cn2nnc(C(=O)O)c2Sc2cccc(N3CCN(C)CC3)c2)cc1.O=C(O)C(F)(F)F.Sc1cccc(Br)c1. The van der Waals surface area contributed by atoms with Crippen molar-refractivity contribution in [3.63, 3.8) is 0 Å². The molecule has 0 bridgehead atoms. The molecule has 0 saturated carbocycles. The van der Waals surface area contributed by atoms with E-state index in [1.54, 1.807) is 35.4 Å². The van der Waals surface area contributed by atoms with Crippen molar-refractivity contribution in [3.05, 3.63) is 222 Å². The van der Waals surface area contributed by atoms with E-state index in [9.17, 15) is 37.5 Å². The summed E-state index contributed by atoms with van der Waals surface area (Å²) in [6.07, 6.45) is -5.08. The Morgan fingerprint density at radius 2 is 0.850 bits per heavy atom. The van der Waals surface area contributed by atoms with Crippen molar-refractivity contribution in [2.24, 2.45) is 0 Å². The Kier molecular flexibility index (Phi) is 38.7. The molecule has 120 heavy (non-hydrogen) atoms. The number of anilines is 2. The summed E-state index contributed by atoms with van der Waals surface area (Å²) in [6, 6.07) is 54.8. The van der Waals surface area contributed by atoms with Crippen LogP contribution in [-0.2, 0) is 33.9 Å². The second kappa shape index (κ2) is 48.6. The molecule has 31 nitrogen and oxygen atoms in total. The second-order valence-corrected chi connectivity index (χ2v) is 32.5. The van der Waals surface area contributed by atoms with Crippen LogP contribution in [0.4, 0.5) is 24.5 Å². The molecule has 14 rings (SSSR count). The molecule has 638 valence electrons. The minimum atomic E-state index is -5.08. The molecule has 4 aromatic heterocycles. The van der Waals surface area contributed by atoms with Crippen molar-refractivity contribution in [3.8, 4) is 17.2 Å². The number of rotatable bonds is 21. The van der Waals surface area contributed by atoms with E-state index in [4.69, 9.17) is 34.0 Å². The first-order valence-corrected chi connectivity index (χ1v) is 42.0. The lowest BCUT2D eigenvalue weighted by Crippen LogP contribution is -2.44. The Bertz CT molecular complexity index is 5080. The maximum Gasteiger partial charge on any atom is 0.490 e. The van der Waals surface area contributed by atoms with Crippen LogP contribution < -0.4 is 29.3 Å². The van der Waals surface area contributed by atoms with E-state index in [1.807, 2.05) is 168 Å². The molecule has 3 aliphatic rings. The Morgan fingerprint density at radius 3 is 1.24 bits per heavy atom. The van der Waals surface area contributed by atoms with Gasteiger partial charge < -0.3 is 68.8 Å². The molecule has 7 aromatic carbocycles. The third-order valence-electron chi connectivity index (χ3n) is 17.4. The van der Waals surface area contributed by atoms with Crippen LogP contribution in [-0.4, -0.2) is 262 Å². The lowest BCUT2D eigenvalue weighted by molar-refractivity contribution is -0.192. The van der Waals surface area contributed by atoms with E-state index < -0.39 is 36.0 Å². The summed E-state index contributed by atoms with van der Waals surface area (Å²) < 4.78 is 64.3. The Labute approximate surface area is 739 Å². The van der Waals surface area contributed by atoms with Crippen LogP contribution in [0.3, 0.4) is 0 Å². The number of carboxylic acids is 3. The monoisotopic (exact) mass is 1970 g/mol. The van der Waals surface area contributed by atoms with Gasteiger partial charge in [0.15, 0.2) is 5.03 Å². The maximum atomic E-state index is 12.1. The average molecular weight is 1970 g/mol. The number of carbonyl (C=O) groups is 5. The molecule has 0 unspecified atom stereocenters. The minimum Gasteiger partial charge on any atom is -0.497 e. The Hall–Kier alpha value is -9.83. The number of nitrogens with one attached hydrogen (secondary N) is 2. The van der Waals surface area contributed by atoms with Gasteiger partial charge >= 0.3 is 36.0 Å². The van der Waals surface area contributed by atoms with Crippen LogP contribution in [0.2, 0.25) is 0 Å². The van der Waals surface area contributed by atoms with Gasteiger partial charge in [-0.05, 0) is 170 Å². The third kappa shape index (κ3) is 30.7. The number of piperazine rings is 3. The fourth-order valence-corrected chi connectivity index (χ4v) is 15.7. The molecule has 11 aromatic rings. The molecule has 3 fully saturated rings. The number of methoxy groups -OCH3 is 5. The number of carbonyl (C=O) groups excluding carboxylic acids is 2. The molecule has 41 heteroatoms. The number of thiol groups is 1. The quantitative estimate of drug-likeness (QED) is 0.0221. The van der Waals surface area contributed by atoms with Gasteiger partial charge in [-0.2, -0.15) is 18.4 Å². The zero-order chi connectivity index (χ0) is 86.8. The van der Waals surface area contributed by atoms with Crippen molar-refractivity contribution in [1.82, 2.24) is 80.4 Å². The highest BCUT2D eigenvalue weighted by molar-refractivity contribution is 14.1. The predicted molar refractivity (Wildman–Crippen MR) is 466 cm³/mol. The number of hydrogen-bond donors (Lipinski definition) is 6. The smallest absolute Gasteiger partial charge is 0.490 e. The number of nitrogens with zero attached hydrogens (tertiary/aromatic N) is 16. The van der Waals surface area contributed by atoms with Crippen molar-refractivity contribution < 1.29 is 76.1 Å². The second-order valence-electron chi connectivity index (χ2n) is 26.0. The van der Waals surface area contributed by atoms with Crippen molar-refractivity contribution >= 4 is 144 Å². The van der Waals surface area contributed by atoms with Crippen LogP contribution in [0, 0.1) is 3.70 Å². The van der Waals surface area contributed by atoms with Gasteiger partial charge in [-0.15, -0.1) is 38.1 Å². The number of H-pyrrole nitrogens is 1. The fraction of sp³-hybridized carbons (Fsp3) is 0.304. The first-order chi connectivity index (χ1) is 57.5. The summed E-state index contributed by atoms with van der Waals surface area (Å²) in [7, 11) is 13.9. The number of esters is 2. The number of alkyl halides is 3. The molecular formula is C79H88Br2F3IN18O13S4. The van der Waals surface area contributed by atoms with Gasteiger partial charge in [0.05, 0.1) is 55.2 Å². The molecule has 5 N–H and O–H groups in total. The molecule has 0 aliphatic carbocycles. The number of benzene rings is 7. The highest BCUT2D eigenvalue weighted by Crippen LogP contribution is 2.36. The number of likely N-dealkylation sites (N-methyl/N-ethyl adjacent to an activating group) is 3. The van der Waals surface area contributed by atoms with Crippen molar-refractivity contribution in [2.45, 2.75) is 60.5 Å². The van der Waals surface area contributed by atoms with Crippen molar-refractivity contribution in [2.75, 3.05) is 145 Å². The zero-order valence-electron chi connectivity index (χ0n) is 66.3. The number of hydrogen-bond acceptors (Lipinski definition) is 28. The molecule has 0 amide bonds. The summed E-state index contributed by atoms with van der Waals surface area (Å²) in [5.41, 5.74) is 5.68. The van der Waals surface area contributed by atoms with Crippen LogP contribution in [0.1, 0.15) is 58.6 Å². The molecule has 7 heterocycles. The lowest BCUT2D eigenvalue weighted by atomic mass is 10.2. The van der Waals surface area contributed by atoms with Gasteiger partial charge in [0, 0.05) is 118 Å². The number of halogens is 6. The summed E-state index contributed by atoms with van der Waals surface area (Å²) in [6.45, 7) is 14.3. The molecule has 3 aliphatic heterocycles. The first kappa shape index (κ1) is 95.6. The Balaban J connectivity index is 0.000000185. The molecule has 0 spiro atoms. The van der Waals surface area contributed by atoms with Crippen LogP contribution in [0.5, 0.6) is 17.2 Å². The van der Waals surface area contributed by atoms with Gasteiger partial charge in [-0.3, -0.25) is 0 Å². The van der Waals surface area contributed by atoms with Gasteiger partial charge in [-0.1, -0.05) is 143 Å². The number of ether oxygens (including phenoxy) is 5. The number of aliphatic carboxylic acids is 1. The molecule has 3 saturated heterocycles. The van der Waals surface area contributed by atoms with Crippen LogP contribution in [0.15, 0.2) is 213 Å². The van der Waals surface area contributed by atoms with Gasteiger partial charge in [0.2, 0.25) is 22.8 Å². The summed E-state index contributed by atoms with van der Waals surface area (Å²) in [4.78, 5) is 70.7. The highest BCUT2D eigenvalue weighted by Gasteiger charge is 2.38. The molecule has 0 radical (unpaired) electrons. The number of aromatic nitrogens is 12. The molecule has 0 atom stereocenters. The average Bonchev–Trinajstić information content (AvgIpc) is 1.58. The topological polar surface area (TPSA) is 354 Å². The summed E-state index contributed by atoms with van der Waals surface area (Å²) >= 11 is 17.0. The lowest BCUT2D eigenvalue weighted by Gasteiger charge is -2.34. The number of carboxylic acid groups (broad SMARTS) is 3.